The molecule has 3 heterocycles. The number of para-hydroxylation sites is 1. The minimum Gasteiger partial charge on any atom is -0.454 e. The van der Waals surface area contributed by atoms with Crippen molar-refractivity contribution in [1.82, 2.24) is 4.98 Å². The van der Waals surface area contributed by atoms with Gasteiger partial charge in [-0.2, -0.15) is 0 Å². The van der Waals surface area contributed by atoms with Gasteiger partial charge in [0.15, 0.2) is 11.4 Å². The number of anilines is 3. The van der Waals surface area contributed by atoms with E-state index in [2.05, 4.69) is 35.0 Å². The third-order valence-electron chi connectivity index (χ3n) is 5.57. The Morgan fingerprint density at radius 2 is 1.89 bits per heavy atom. The van der Waals surface area contributed by atoms with Gasteiger partial charge >= 0.3 is 0 Å². The van der Waals surface area contributed by atoms with Crippen molar-refractivity contribution < 1.29 is 8.53 Å². The summed E-state index contributed by atoms with van der Waals surface area (Å²) < 4.78 is 30.9. The Morgan fingerprint density at radius 1 is 1.07 bits per heavy atom. The molecule has 0 spiro atoms. The first kappa shape index (κ1) is 14.1. The summed E-state index contributed by atoms with van der Waals surface area (Å²) in [5.41, 5.74) is 3.41. The third kappa shape index (κ3) is 2.27. The molecular formula is C24H25N3O. The zero-order valence-electron chi connectivity index (χ0n) is 19.5. The van der Waals surface area contributed by atoms with Crippen molar-refractivity contribution in [3.8, 4) is 0 Å². The van der Waals surface area contributed by atoms with E-state index in [0.29, 0.717) is 5.82 Å². The van der Waals surface area contributed by atoms with Crippen LogP contribution in [0.4, 0.5) is 17.2 Å². The summed E-state index contributed by atoms with van der Waals surface area (Å²) in [5.74, 6) is 0.670. The van der Waals surface area contributed by atoms with Crippen LogP contribution >= 0.6 is 0 Å². The number of hydrogen-bond donors (Lipinski definition) is 0. The Morgan fingerprint density at radius 3 is 2.71 bits per heavy atom. The van der Waals surface area contributed by atoms with E-state index in [4.69, 9.17) is 8.53 Å². The Bertz CT molecular complexity index is 1310. The molecule has 1 unspecified atom stereocenters. The van der Waals surface area contributed by atoms with Crippen molar-refractivity contribution >= 4 is 39.1 Å². The minimum atomic E-state index is -2.19. The predicted molar refractivity (Wildman–Crippen MR) is 117 cm³/mol. The maximum atomic E-state index is 8.17. The summed E-state index contributed by atoms with van der Waals surface area (Å²) >= 11 is 0. The van der Waals surface area contributed by atoms with E-state index in [-0.39, 0.29) is 6.17 Å². The van der Waals surface area contributed by atoms with Gasteiger partial charge in [-0.1, -0.05) is 30.3 Å². The molecule has 28 heavy (non-hydrogen) atoms. The summed E-state index contributed by atoms with van der Waals surface area (Å²) in [5, 5.41) is 2.11. The SMILES string of the molecule is [2H]C([2H])([2H])C(C)(C)N1c2ncccc2N(c2c(C)ccc3c2oc2ccccc23)C1C. The summed E-state index contributed by atoms with van der Waals surface area (Å²) in [6.45, 7) is 5.41. The standard InChI is InChI=1S/C24H25N3O/c1-15-12-13-18-17-9-6-7-11-20(17)28-22(18)21(15)26-16(2)27(24(3,4)5)23-19(26)10-8-14-25-23/h6-14,16H,1-5H3/i3D3. The van der Waals surface area contributed by atoms with Crippen LogP contribution in [0.3, 0.4) is 0 Å². The number of hydrogen-bond acceptors (Lipinski definition) is 4. The molecule has 0 amide bonds. The molecule has 1 aliphatic heterocycles. The van der Waals surface area contributed by atoms with Crippen molar-refractivity contribution in [2.45, 2.75) is 46.3 Å². The first-order chi connectivity index (χ1) is 14.6. The van der Waals surface area contributed by atoms with Gasteiger partial charge in [-0.15, -0.1) is 0 Å². The average Bonchev–Trinajstić information content (AvgIpc) is 3.22. The van der Waals surface area contributed by atoms with E-state index in [1.165, 1.54) is 0 Å². The van der Waals surface area contributed by atoms with Gasteiger partial charge in [-0.3, -0.25) is 0 Å². The largest absolute Gasteiger partial charge is 0.454 e. The van der Waals surface area contributed by atoms with Gasteiger partial charge in [0.1, 0.15) is 11.7 Å². The summed E-state index contributed by atoms with van der Waals surface area (Å²) in [7, 11) is 0. The number of aryl methyl sites for hydroxylation is 1. The van der Waals surface area contributed by atoms with Crippen LogP contribution in [0.1, 0.15) is 37.3 Å². The zero-order valence-corrected chi connectivity index (χ0v) is 16.5. The number of fused-ring (bicyclic) bond motifs is 4. The molecule has 0 N–H and O–H groups in total. The Kier molecular flexibility index (Phi) is 2.88. The lowest BCUT2D eigenvalue weighted by atomic mass is 10.1. The van der Waals surface area contributed by atoms with Crippen LogP contribution in [0, 0.1) is 6.92 Å². The predicted octanol–water partition coefficient (Wildman–Crippen LogP) is 6.39. The van der Waals surface area contributed by atoms with Gasteiger partial charge in [0, 0.05) is 26.6 Å². The van der Waals surface area contributed by atoms with E-state index in [0.717, 1.165) is 38.9 Å². The smallest absolute Gasteiger partial charge is 0.159 e. The van der Waals surface area contributed by atoms with Crippen molar-refractivity contribution in [3.63, 3.8) is 0 Å². The van der Waals surface area contributed by atoms with Crippen LogP contribution in [0.2, 0.25) is 0 Å². The highest BCUT2D eigenvalue weighted by molar-refractivity contribution is 6.10. The molecule has 1 atom stereocenters. The van der Waals surface area contributed by atoms with Crippen LogP contribution in [-0.4, -0.2) is 16.7 Å². The number of benzene rings is 2. The molecule has 4 aromatic rings. The molecular weight excluding hydrogens is 346 g/mol. The fourth-order valence-corrected chi connectivity index (χ4v) is 4.47. The molecule has 0 bridgehead atoms. The highest BCUT2D eigenvalue weighted by atomic mass is 16.3. The summed E-state index contributed by atoms with van der Waals surface area (Å²) in [6, 6.07) is 16.1. The van der Waals surface area contributed by atoms with Crippen molar-refractivity contribution in [3.05, 3.63) is 60.3 Å². The quantitative estimate of drug-likeness (QED) is 0.386. The van der Waals surface area contributed by atoms with E-state index in [9.17, 15) is 0 Å². The van der Waals surface area contributed by atoms with Gasteiger partial charge in [-0.05, 0) is 58.3 Å². The minimum absolute atomic E-state index is 0.266. The van der Waals surface area contributed by atoms with E-state index >= 15 is 0 Å². The lowest BCUT2D eigenvalue weighted by Gasteiger charge is -2.39. The second kappa shape index (κ2) is 5.74. The molecule has 2 aromatic heterocycles. The Balaban J connectivity index is 1.79. The first-order valence-corrected chi connectivity index (χ1v) is 9.57. The molecule has 142 valence electrons. The summed E-state index contributed by atoms with van der Waals surface area (Å²) in [4.78, 5) is 8.68. The average molecular weight is 375 g/mol. The van der Waals surface area contributed by atoms with Crippen LogP contribution in [0.25, 0.3) is 21.9 Å². The lowest BCUT2D eigenvalue weighted by molar-refractivity contribution is 0.465. The first-order valence-electron chi connectivity index (χ1n) is 11.1. The molecule has 0 saturated carbocycles. The molecule has 0 aliphatic carbocycles. The monoisotopic (exact) mass is 374 g/mol. The van der Waals surface area contributed by atoms with Crippen molar-refractivity contribution in [2.24, 2.45) is 0 Å². The van der Waals surface area contributed by atoms with Crippen molar-refractivity contribution in [1.29, 1.82) is 0 Å². The van der Waals surface area contributed by atoms with Crippen LogP contribution in [0.15, 0.2) is 59.1 Å². The topological polar surface area (TPSA) is 32.5 Å². The van der Waals surface area contributed by atoms with Crippen molar-refractivity contribution in [2.75, 3.05) is 9.80 Å². The molecule has 0 saturated heterocycles. The summed E-state index contributed by atoms with van der Waals surface area (Å²) in [6.07, 6.45) is 1.45. The molecule has 0 fully saturated rings. The highest BCUT2D eigenvalue weighted by Gasteiger charge is 2.41. The third-order valence-corrected chi connectivity index (χ3v) is 5.57. The fraction of sp³-hybridized carbons (Fsp3) is 0.292. The normalized spacial score (nSPS) is 19.0. The second-order valence-corrected chi connectivity index (χ2v) is 7.98. The Hall–Kier alpha value is -3.01. The number of rotatable bonds is 1. The fourth-order valence-electron chi connectivity index (χ4n) is 4.47. The van der Waals surface area contributed by atoms with Crippen LogP contribution in [-0.2, 0) is 0 Å². The maximum absolute atomic E-state index is 8.17. The molecule has 1 aliphatic rings. The van der Waals surface area contributed by atoms with E-state index < -0.39 is 12.4 Å². The van der Waals surface area contributed by atoms with Gasteiger partial charge in [0.2, 0.25) is 0 Å². The molecule has 4 heteroatoms. The molecule has 0 radical (unpaired) electrons. The highest BCUT2D eigenvalue weighted by Crippen LogP contribution is 2.49. The second-order valence-electron chi connectivity index (χ2n) is 7.98. The number of pyridine rings is 1. The van der Waals surface area contributed by atoms with Gasteiger partial charge < -0.3 is 14.2 Å². The van der Waals surface area contributed by atoms with Gasteiger partial charge in [-0.25, -0.2) is 4.98 Å². The number of furan rings is 1. The zero-order chi connectivity index (χ0) is 22.1. The van der Waals surface area contributed by atoms with E-state index in [1.54, 1.807) is 20.0 Å². The van der Waals surface area contributed by atoms with Gasteiger partial charge in [0.25, 0.3) is 0 Å². The van der Waals surface area contributed by atoms with E-state index in [1.807, 2.05) is 42.2 Å². The lowest BCUT2D eigenvalue weighted by Crippen LogP contribution is -2.49. The van der Waals surface area contributed by atoms with Crippen LogP contribution < -0.4 is 9.80 Å². The van der Waals surface area contributed by atoms with Gasteiger partial charge in [0.05, 0.1) is 11.4 Å². The molecule has 5 rings (SSSR count). The number of nitrogens with zero attached hydrogens (tertiary/aromatic N) is 3. The Labute approximate surface area is 169 Å². The number of aromatic nitrogens is 1. The molecule has 4 nitrogen and oxygen atoms in total. The molecule has 2 aromatic carbocycles. The van der Waals surface area contributed by atoms with Crippen LogP contribution in [0.5, 0.6) is 0 Å². The maximum Gasteiger partial charge on any atom is 0.159 e.